The third-order valence-electron chi connectivity index (χ3n) is 9.64. The number of hydrogen-bond acceptors (Lipinski definition) is 1. The first-order valence-corrected chi connectivity index (χ1v) is 15.5. The lowest BCUT2D eigenvalue weighted by Gasteiger charge is -2.24. The summed E-state index contributed by atoms with van der Waals surface area (Å²) < 4.78 is 6.49. The Kier molecular flexibility index (Phi) is 5.06. The van der Waals surface area contributed by atoms with Gasteiger partial charge in [0.05, 0.1) is 0 Å². The van der Waals surface area contributed by atoms with Crippen LogP contribution in [-0.4, -0.2) is 0 Å². The molecule has 208 valence electrons. The fourth-order valence-corrected chi connectivity index (χ4v) is 7.76. The van der Waals surface area contributed by atoms with Crippen molar-refractivity contribution in [3.05, 3.63) is 158 Å². The number of fused-ring (bicyclic) bond motifs is 7. The van der Waals surface area contributed by atoms with Gasteiger partial charge in [0.25, 0.3) is 0 Å². The van der Waals surface area contributed by atoms with E-state index in [1.807, 2.05) is 6.07 Å². The Bertz CT molecular complexity index is 2670. The lowest BCUT2D eigenvalue weighted by molar-refractivity contribution is 0.487. The molecule has 1 aliphatic rings. The zero-order chi connectivity index (χ0) is 29.5. The first-order valence-electron chi connectivity index (χ1n) is 15.5. The van der Waals surface area contributed by atoms with Gasteiger partial charge in [-0.05, 0) is 94.5 Å². The fraction of sp³-hybridized carbons (Fsp3) is 0. The second kappa shape index (κ2) is 9.29. The van der Waals surface area contributed by atoms with Crippen molar-refractivity contribution in [1.82, 2.24) is 0 Å². The van der Waals surface area contributed by atoms with E-state index in [1.165, 1.54) is 81.7 Å². The lowest BCUT2D eigenvalue weighted by atomic mass is 9.81. The Balaban J connectivity index is 1.41. The van der Waals surface area contributed by atoms with Gasteiger partial charge in [0, 0.05) is 10.9 Å². The van der Waals surface area contributed by atoms with Crippen molar-refractivity contribution in [1.29, 1.82) is 0 Å². The van der Waals surface area contributed by atoms with Crippen LogP contribution in [0.4, 0.5) is 0 Å². The van der Waals surface area contributed by atoms with Gasteiger partial charge in [-0.3, -0.25) is 0 Å². The van der Waals surface area contributed by atoms with Crippen molar-refractivity contribution in [2.45, 2.75) is 0 Å². The maximum atomic E-state index is 6.49. The number of benzene rings is 9. The van der Waals surface area contributed by atoms with E-state index < -0.39 is 0 Å². The smallest absolute Gasteiger partial charge is 0.135 e. The number of rotatable bonds is 2. The van der Waals surface area contributed by atoms with Crippen LogP contribution in [0.3, 0.4) is 0 Å². The Hall–Kier alpha value is -5.92. The van der Waals surface area contributed by atoms with E-state index in [2.05, 4.69) is 152 Å². The van der Waals surface area contributed by atoms with Crippen LogP contribution in [0.15, 0.2) is 158 Å². The summed E-state index contributed by atoms with van der Waals surface area (Å²) in [5.41, 5.74) is 7.40. The molecule has 1 nitrogen and oxygen atoms in total. The molecule has 1 heteroatoms. The highest BCUT2D eigenvalue weighted by Crippen LogP contribution is 2.52. The molecule has 0 saturated heterocycles. The fourth-order valence-electron chi connectivity index (χ4n) is 7.76. The predicted molar refractivity (Wildman–Crippen MR) is 190 cm³/mol. The maximum absolute atomic E-state index is 6.49. The van der Waals surface area contributed by atoms with Crippen molar-refractivity contribution in [2.24, 2.45) is 0 Å². The topological polar surface area (TPSA) is 9.23 Å². The SMILES string of the molecule is c1ccc2c(c1)Oc1ccc(-c3c4ccccc4c(-c4cccc5ccccc45)c4c3ccc3ccccc34)c3cccc-2c13. The summed E-state index contributed by atoms with van der Waals surface area (Å²) in [4.78, 5) is 0. The second-order valence-corrected chi connectivity index (χ2v) is 12.0. The van der Waals surface area contributed by atoms with Crippen molar-refractivity contribution in [2.75, 3.05) is 0 Å². The van der Waals surface area contributed by atoms with Gasteiger partial charge in [-0.25, -0.2) is 0 Å². The van der Waals surface area contributed by atoms with Gasteiger partial charge < -0.3 is 4.74 Å². The van der Waals surface area contributed by atoms with Crippen molar-refractivity contribution < 1.29 is 4.74 Å². The quantitative estimate of drug-likeness (QED) is 0.148. The standard InChI is InChI=1S/C44H26O/c1-3-14-29-27(11-1)13-9-19-32(29)44-36-18-6-5-17-34(36)41(38-24-23-28-12-2-4-15-30(28)43(38)44)37-25-26-40-42-33(20-10-21-35(37)42)31-16-7-8-22-39(31)45-40/h1-26H. The van der Waals surface area contributed by atoms with Gasteiger partial charge >= 0.3 is 0 Å². The first-order chi connectivity index (χ1) is 22.3. The number of hydrogen-bond donors (Lipinski definition) is 0. The van der Waals surface area contributed by atoms with Crippen LogP contribution in [0, 0.1) is 0 Å². The molecular weight excluding hydrogens is 544 g/mol. The molecular formula is C44H26O. The Morgan fingerprint density at radius 1 is 0.267 bits per heavy atom. The molecule has 0 radical (unpaired) electrons. The van der Waals surface area contributed by atoms with Gasteiger partial charge in [-0.15, -0.1) is 0 Å². The zero-order valence-corrected chi connectivity index (χ0v) is 24.4. The summed E-state index contributed by atoms with van der Waals surface area (Å²) in [5.74, 6) is 1.82. The highest BCUT2D eigenvalue weighted by Gasteiger charge is 2.24. The highest BCUT2D eigenvalue weighted by molar-refractivity contribution is 6.31. The van der Waals surface area contributed by atoms with Crippen LogP contribution in [-0.2, 0) is 0 Å². The normalized spacial score (nSPS) is 12.2. The van der Waals surface area contributed by atoms with Crippen molar-refractivity contribution in [3.8, 4) is 44.9 Å². The molecule has 0 saturated carbocycles. The Labute approximate surface area is 260 Å². The molecule has 0 atom stereocenters. The minimum atomic E-state index is 0.909. The highest BCUT2D eigenvalue weighted by atomic mass is 16.5. The Morgan fingerprint density at radius 3 is 1.71 bits per heavy atom. The summed E-state index contributed by atoms with van der Waals surface area (Å²) >= 11 is 0. The van der Waals surface area contributed by atoms with Gasteiger partial charge in [-0.2, -0.15) is 0 Å². The minimum Gasteiger partial charge on any atom is -0.456 e. The van der Waals surface area contributed by atoms with E-state index >= 15 is 0 Å². The average Bonchev–Trinajstić information content (AvgIpc) is 3.11. The van der Waals surface area contributed by atoms with E-state index in [0.29, 0.717) is 0 Å². The molecule has 0 amide bonds. The van der Waals surface area contributed by atoms with Crippen LogP contribution < -0.4 is 4.74 Å². The third kappa shape index (κ3) is 3.44. The van der Waals surface area contributed by atoms with Crippen LogP contribution in [0.5, 0.6) is 11.5 Å². The van der Waals surface area contributed by atoms with Gasteiger partial charge in [0.1, 0.15) is 11.5 Å². The molecule has 1 heterocycles. The monoisotopic (exact) mass is 570 g/mol. The molecule has 1 aliphatic heterocycles. The van der Waals surface area contributed by atoms with Crippen molar-refractivity contribution in [3.63, 3.8) is 0 Å². The molecule has 0 spiro atoms. The van der Waals surface area contributed by atoms with E-state index in [0.717, 1.165) is 17.1 Å². The van der Waals surface area contributed by atoms with Crippen LogP contribution in [0.25, 0.3) is 87.2 Å². The summed E-state index contributed by atoms with van der Waals surface area (Å²) in [6.45, 7) is 0. The van der Waals surface area contributed by atoms with Crippen LogP contribution >= 0.6 is 0 Å². The molecule has 45 heavy (non-hydrogen) atoms. The average molecular weight is 571 g/mol. The summed E-state index contributed by atoms with van der Waals surface area (Å²) in [6, 6.07) is 57.3. The number of para-hydroxylation sites is 1. The molecule has 0 bridgehead atoms. The molecule has 10 rings (SSSR count). The molecule has 0 fully saturated rings. The van der Waals surface area contributed by atoms with Crippen molar-refractivity contribution >= 4 is 53.9 Å². The summed E-state index contributed by atoms with van der Waals surface area (Å²) in [7, 11) is 0. The van der Waals surface area contributed by atoms with Crippen LogP contribution in [0.2, 0.25) is 0 Å². The van der Waals surface area contributed by atoms with Crippen LogP contribution in [0.1, 0.15) is 0 Å². The largest absolute Gasteiger partial charge is 0.456 e. The third-order valence-corrected chi connectivity index (χ3v) is 9.64. The molecule has 0 unspecified atom stereocenters. The van der Waals surface area contributed by atoms with E-state index in [9.17, 15) is 0 Å². The van der Waals surface area contributed by atoms with E-state index in [4.69, 9.17) is 4.74 Å². The number of ether oxygens (including phenoxy) is 1. The lowest BCUT2D eigenvalue weighted by Crippen LogP contribution is -1.98. The first kappa shape index (κ1) is 24.5. The molecule has 0 N–H and O–H groups in total. The maximum Gasteiger partial charge on any atom is 0.135 e. The molecule has 9 aromatic carbocycles. The predicted octanol–water partition coefficient (Wildman–Crippen LogP) is 12.6. The summed E-state index contributed by atoms with van der Waals surface area (Å²) in [5, 5.41) is 12.5. The van der Waals surface area contributed by atoms with Gasteiger partial charge in [0.15, 0.2) is 0 Å². The van der Waals surface area contributed by atoms with Gasteiger partial charge in [-0.1, -0.05) is 140 Å². The van der Waals surface area contributed by atoms with E-state index in [1.54, 1.807) is 0 Å². The zero-order valence-electron chi connectivity index (χ0n) is 24.4. The Morgan fingerprint density at radius 2 is 0.844 bits per heavy atom. The molecule has 0 aromatic heterocycles. The molecule has 9 aromatic rings. The van der Waals surface area contributed by atoms with E-state index in [-0.39, 0.29) is 0 Å². The van der Waals surface area contributed by atoms with Gasteiger partial charge in [0.2, 0.25) is 0 Å². The summed E-state index contributed by atoms with van der Waals surface area (Å²) in [6.07, 6.45) is 0. The minimum absolute atomic E-state index is 0.909. The second-order valence-electron chi connectivity index (χ2n) is 12.0. The molecule has 0 aliphatic carbocycles.